The molecule has 29 heavy (non-hydrogen) atoms. The van der Waals surface area contributed by atoms with Crippen molar-refractivity contribution in [3.63, 3.8) is 0 Å². The Balaban J connectivity index is 1.51. The van der Waals surface area contributed by atoms with Crippen LogP contribution in [-0.4, -0.2) is 15.9 Å². The number of anilines is 1. The number of nitrogens with zero attached hydrogens (tertiary/aromatic N) is 1. The highest BCUT2D eigenvalue weighted by Crippen LogP contribution is 2.16. The fourth-order valence-electron chi connectivity index (χ4n) is 2.45. The Morgan fingerprint density at radius 1 is 0.966 bits per heavy atom. The van der Waals surface area contributed by atoms with Crippen LogP contribution in [0.2, 0.25) is 0 Å². The average molecular weight is 407 g/mol. The zero-order valence-electron chi connectivity index (χ0n) is 15.2. The first-order valence-electron chi connectivity index (χ1n) is 8.65. The Kier molecular flexibility index (Phi) is 6.49. The van der Waals surface area contributed by atoms with E-state index in [9.17, 15) is 14.9 Å². The minimum Gasteiger partial charge on any atom is -0.489 e. The fourth-order valence-corrected chi connectivity index (χ4v) is 2.66. The van der Waals surface area contributed by atoms with Gasteiger partial charge in [0.1, 0.15) is 12.4 Å². The lowest BCUT2D eigenvalue weighted by molar-refractivity contribution is -0.384. The van der Waals surface area contributed by atoms with Crippen molar-refractivity contribution < 1.29 is 14.5 Å². The van der Waals surface area contributed by atoms with Crippen LogP contribution in [0.5, 0.6) is 5.75 Å². The molecule has 0 aliphatic carbocycles. The van der Waals surface area contributed by atoms with E-state index < -0.39 is 4.92 Å². The first kappa shape index (κ1) is 20.0. The largest absolute Gasteiger partial charge is 0.489 e. The molecule has 3 aromatic rings. The zero-order valence-corrected chi connectivity index (χ0v) is 16.0. The quantitative estimate of drug-likeness (QED) is 0.359. The van der Waals surface area contributed by atoms with Gasteiger partial charge < -0.3 is 10.1 Å². The maximum atomic E-state index is 12.3. The second-order valence-electron chi connectivity index (χ2n) is 6.01. The summed E-state index contributed by atoms with van der Waals surface area (Å²) in [6, 6.07) is 22.2. The molecule has 0 radical (unpaired) electrons. The summed E-state index contributed by atoms with van der Waals surface area (Å²) < 4.78 is 5.70. The number of nitro groups is 1. The summed E-state index contributed by atoms with van der Waals surface area (Å²) in [4.78, 5) is 22.5. The Morgan fingerprint density at radius 3 is 2.24 bits per heavy atom. The van der Waals surface area contributed by atoms with E-state index in [-0.39, 0.29) is 16.7 Å². The van der Waals surface area contributed by atoms with Gasteiger partial charge in [0.05, 0.1) is 4.92 Å². The van der Waals surface area contributed by atoms with Gasteiger partial charge in [-0.05, 0) is 54.2 Å². The van der Waals surface area contributed by atoms with Crippen LogP contribution in [-0.2, 0) is 6.61 Å². The summed E-state index contributed by atoms with van der Waals surface area (Å²) in [6.45, 7) is 0.440. The van der Waals surface area contributed by atoms with Gasteiger partial charge in [-0.1, -0.05) is 30.3 Å². The summed E-state index contributed by atoms with van der Waals surface area (Å²) >= 11 is 5.12. The minimum absolute atomic E-state index is 0.0277. The molecule has 2 N–H and O–H groups in total. The number of nitrogens with one attached hydrogen (secondary N) is 2. The van der Waals surface area contributed by atoms with Crippen molar-refractivity contribution in [1.29, 1.82) is 0 Å². The zero-order chi connectivity index (χ0) is 20.6. The molecule has 3 aromatic carbocycles. The van der Waals surface area contributed by atoms with Gasteiger partial charge in [0.15, 0.2) is 5.11 Å². The second kappa shape index (κ2) is 9.43. The molecule has 0 aliphatic heterocycles. The Labute approximate surface area is 172 Å². The van der Waals surface area contributed by atoms with Crippen molar-refractivity contribution in [3.05, 3.63) is 100 Å². The number of carbonyl (C=O) groups is 1. The topological polar surface area (TPSA) is 93.5 Å². The van der Waals surface area contributed by atoms with Gasteiger partial charge in [-0.2, -0.15) is 0 Å². The number of rotatable bonds is 6. The smallest absolute Gasteiger partial charge is 0.269 e. The molecule has 0 saturated heterocycles. The fraction of sp³-hybridized carbons (Fsp3) is 0.0476. The number of nitro benzene ring substituents is 1. The third kappa shape index (κ3) is 5.85. The van der Waals surface area contributed by atoms with Crippen LogP contribution < -0.4 is 15.4 Å². The molecular weight excluding hydrogens is 390 g/mol. The molecule has 8 heteroatoms. The molecule has 0 heterocycles. The normalized spacial score (nSPS) is 10.1. The molecule has 0 saturated carbocycles. The van der Waals surface area contributed by atoms with Gasteiger partial charge in [-0.25, -0.2) is 0 Å². The molecule has 1 amide bonds. The lowest BCUT2D eigenvalue weighted by atomic mass is 10.2. The van der Waals surface area contributed by atoms with Crippen molar-refractivity contribution >= 4 is 34.6 Å². The molecule has 0 fully saturated rings. The van der Waals surface area contributed by atoms with Crippen LogP contribution in [0.3, 0.4) is 0 Å². The SMILES string of the molecule is O=C(NC(=S)Nc1ccc([N+](=O)[O-])cc1)c1ccc(OCc2ccccc2)cc1. The lowest BCUT2D eigenvalue weighted by Crippen LogP contribution is -2.34. The maximum absolute atomic E-state index is 12.3. The molecule has 146 valence electrons. The van der Waals surface area contributed by atoms with Crippen molar-refractivity contribution in [1.82, 2.24) is 5.32 Å². The number of benzene rings is 3. The number of non-ortho nitro benzene ring substituents is 1. The molecular formula is C21H17N3O4S. The van der Waals surface area contributed by atoms with Crippen LogP contribution in [0.15, 0.2) is 78.9 Å². The van der Waals surface area contributed by atoms with Gasteiger partial charge in [-0.15, -0.1) is 0 Å². The van der Waals surface area contributed by atoms with Crippen LogP contribution in [0.1, 0.15) is 15.9 Å². The van der Waals surface area contributed by atoms with Crippen LogP contribution in [0.4, 0.5) is 11.4 Å². The van der Waals surface area contributed by atoms with Crippen molar-refractivity contribution in [2.24, 2.45) is 0 Å². The van der Waals surface area contributed by atoms with E-state index in [0.717, 1.165) is 5.56 Å². The van der Waals surface area contributed by atoms with E-state index in [2.05, 4.69) is 10.6 Å². The third-order valence-corrected chi connectivity index (χ3v) is 4.13. The van der Waals surface area contributed by atoms with E-state index >= 15 is 0 Å². The Hall–Kier alpha value is -3.78. The van der Waals surface area contributed by atoms with E-state index in [1.54, 1.807) is 24.3 Å². The molecule has 0 atom stereocenters. The molecule has 0 unspecified atom stereocenters. The van der Waals surface area contributed by atoms with Gasteiger partial charge in [-0.3, -0.25) is 20.2 Å². The third-order valence-electron chi connectivity index (χ3n) is 3.93. The van der Waals surface area contributed by atoms with E-state index in [1.165, 1.54) is 24.3 Å². The highest BCUT2D eigenvalue weighted by molar-refractivity contribution is 7.80. The van der Waals surface area contributed by atoms with Crippen LogP contribution in [0.25, 0.3) is 0 Å². The van der Waals surface area contributed by atoms with E-state index in [0.29, 0.717) is 23.6 Å². The van der Waals surface area contributed by atoms with Gasteiger partial charge in [0.25, 0.3) is 11.6 Å². The van der Waals surface area contributed by atoms with Gasteiger partial charge in [0.2, 0.25) is 0 Å². The first-order chi connectivity index (χ1) is 14.0. The predicted octanol–water partition coefficient (Wildman–Crippen LogP) is 4.30. The van der Waals surface area contributed by atoms with Crippen LogP contribution in [0, 0.1) is 10.1 Å². The number of ether oxygens (including phenoxy) is 1. The summed E-state index contributed by atoms with van der Waals surface area (Å²) in [6.07, 6.45) is 0. The molecule has 7 nitrogen and oxygen atoms in total. The number of carbonyl (C=O) groups excluding carboxylic acids is 1. The van der Waals surface area contributed by atoms with E-state index in [1.807, 2.05) is 30.3 Å². The molecule has 0 aliphatic rings. The maximum Gasteiger partial charge on any atom is 0.269 e. The Bertz CT molecular complexity index is 1010. The number of hydrogen-bond acceptors (Lipinski definition) is 5. The Morgan fingerprint density at radius 2 is 1.62 bits per heavy atom. The van der Waals surface area contributed by atoms with Crippen molar-refractivity contribution in [2.45, 2.75) is 6.61 Å². The average Bonchev–Trinajstić information content (AvgIpc) is 2.73. The lowest BCUT2D eigenvalue weighted by Gasteiger charge is -2.10. The molecule has 0 aromatic heterocycles. The van der Waals surface area contributed by atoms with Crippen molar-refractivity contribution in [2.75, 3.05) is 5.32 Å². The van der Waals surface area contributed by atoms with Gasteiger partial charge in [0, 0.05) is 23.4 Å². The summed E-state index contributed by atoms with van der Waals surface area (Å²) in [5.74, 6) is 0.274. The van der Waals surface area contributed by atoms with Gasteiger partial charge >= 0.3 is 0 Å². The number of hydrogen-bond donors (Lipinski definition) is 2. The molecule has 0 bridgehead atoms. The van der Waals surface area contributed by atoms with Crippen molar-refractivity contribution in [3.8, 4) is 5.75 Å². The first-order valence-corrected chi connectivity index (χ1v) is 9.06. The molecule has 0 spiro atoms. The van der Waals surface area contributed by atoms with E-state index in [4.69, 9.17) is 17.0 Å². The second-order valence-corrected chi connectivity index (χ2v) is 6.42. The predicted molar refractivity (Wildman–Crippen MR) is 114 cm³/mol. The minimum atomic E-state index is -0.489. The number of amides is 1. The summed E-state index contributed by atoms with van der Waals surface area (Å²) in [5, 5.41) is 16.1. The summed E-state index contributed by atoms with van der Waals surface area (Å²) in [5.41, 5.74) is 1.98. The monoisotopic (exact) mass is 407 g/mol. The highest BCUT2D eigenvalue weighted by atomic mass is 32.1. The molecule has 3 rings (SSSR count). The standard InChI is InChI=1S/C21H17N3O4S/c25-20(23-21(29)22-17-8-10-18(11-9-17)24(26)27)16-6-12-19(13-7-16)28-14-15-4-2-1-3-5-15/h1-13H,14H2,(H2,22,23,25,29). The number of thiocarbonyl (C=S) groups is 1. The highest BCUT2D eigenvalue weighted by Gasteiger charge is 2.09. The van der Waals surface area contributed by atoms with Crippen LogP contribution >= 0.6 is 12.2 Å². The summed E-state index contributed by atoms with van der Waals surface area (Å²) in [7, 11) is 0.